The highest BCUT2D eigenvalue weighted by atomic mass is 15.3. The van der Waals surface area contributed by atoms with E-state index in [9.17, 15) is 0 Å². The SMILES string of the molecule is NC1CN(c2cncc(-c3cnc4n[nH]c(-c5cc6c(-c7ccncc7)ccnc6[nH]5)c4c3)n2)C1. The molecule has 1 aliphatic rings. The minimum absolute atomic E-state index is 0.192. The molecule has 10 nitrogen and oxygen atoms in total. The largest absolute Gasteiger partial charge is 0.352 e. The van der Waals surface area contributed by atoms with Crippen molar-refractivity contribution in [2.24, 2.45) is 5.73 Å². The third-order valence-electron chi connectivity index (χ3n) is 6.35. The van der Waals surface area contributed by atoms with E-state index in [1.54, 1.807) is 37.2 Å². The first-order valence-corrected chi connectivity index (χ1v) is 11.3. The van der Waals surface area contributed by atoms with E-state index in [1.165, 1.54) is 0 Å². The summed E-state index contributed by atoms with van der Waals surface area (Å²) in [6.07, 6.45) is 10.7. The van der Waals surface area contributed by atoms with E-state index in [-0.39, 0.29) is 6.04 Å². The van der Waals surface area contributed by atoms with Gasteiger partial charge in [0.2, 0.25) is 0 Å². The van der Waals surface area contributed by atoms with Crippen molar-refractivity contribution < 1.29 is 0 Å². The lowest BCUT2D eigenvalue weighted by molar-refractivity contribution is 0.514. The number of nitrogens with one attached hydrogen (secondary N) is 2. The van der Waals surface area contributed by atoms with Crippen LogP contribution in [0, 0.1) is 0 Å². The summed E-state index contributed by atoms with van der Waals surface area (Å²) >= 11 is 0. The summed E-state index contributed by atoms with van der Waals surface area (Å²) in [6.45, 7) is 1.58. The van der Waals surface area contributed by atoms with Crippen molar-refractivity contribution in [3.8, 4) is 33.8 Å². The lowest BCUT2D eigenvalue weighted by atomic mass is 10.0. The minimum atomic E-state index is 0.192. The first-order chi connectivity index (χ1) is 17.2. The monoisotopic (exact) mass is 460 g/mol. The molecule has 6 aromatic rings. The zero-order valence-corrected chi connectivity index (χ0v) is 18.6. The quantitative estimate of drug-likeness (QED) is 0.365. The number of hydrogen-bond donors (Lipinski definition) is 3. The van der Waals surface area contributed by atoms with E-state index >= 15 is 0 Å². The molecule has 7 rings (SSSR count). The van der Waals surface area contributed by atoms with Gasteiger partial charge in [0.15, 0.2) is 5.65 Å². The van der Waals surface area contributed by atoms with Crippen LogP contribution in [0.4, 0.5) is 5.82 Å². The van der Waals surface area contributed by atoms with Crippen LogP contribution in [0.2, 0.25) is 0 Å². The average Bonchev–Trinajstić information content (AvgIpc) is 3.51. The lowest BCUT2D eigenvalue weighted by Crippen LogP contribution is -2.56. The Hall–Kier alpha value is -4.70. The maximum absolute atomic E-state index is 5.93. The van der Waals surface area contributed by atoms with Gasteiger partial charge < -0.3 is 15.6 Å². The van der Waals surface area contributed by atoms with Crippen molar-refractivity contribution in [2.75, 3.05) is 18.0 Å². The molecule has 170 valence electrons. The molecule has 1 aliphatic heterocycles. The van der Waals surface area contributed by atoms with Crippen LogP contribution >= 0.6 is 0 Å². The van der Waals surface area contributed by atoms with Crippen LogP contribution in [0.5, 0.6) is 0 Å². The lowest BCUT2D eigenvalue weighted by Gasteiger charge is -2.37. The number of aromatic amines is 2. The van der Waals surface area contributed by atoms with Gasteiger partial charge in [0.05, 0.1) is 29.5 Å². The van der Waals surface area contributed by atoms with Crippen LogP contribution in [0.15, 0.2) is 67.5 Å². The summed E-state index contributed by atoms with van der Waals surface area (Å²) in [7, 11) is 0. The van der Waals surface area contributed by atoms with Crippen molar-refractivity contribution >= 4 is 27.9 Å². The molecule has 7 heterocycles. The van der Waals surface area contributed by atoms with Crippen molar-refractivity contribution in [1.29, 1.82) is 0 Å². The molecule has 0 amide bonds. The second-order valence-electron chi connectivity index (χ2n) is 8.66. The number of nitrogens with two attached hydrogens (primary N) is 1. The number of fused-ring (bicyclic) bond motifs is 2. The molecule has 0 radical (unpaired) electrons. The molecule has 0 atom stereocenters. The Bertz CT molecular complexity index is 1680. The predicted molar refractivity (Wildman–Crippen MR) is 133 cm³/mol. The number of pyridine rings is 3. The maximum Gasteiger partial charge on any atom is 0.181 e. The Morgan fingerprint density at radius 1 is 0.886 bits per heavy atom. The van der Waals surface area contributed by atoms with Crippen LogP contribution in [0.1, 0.15) is 0 Å². The average molecular weight is 461 g/mol. The Morgan fingerprint density at radius 2 is 1.77 bits per heavy atom. The Morgan fingerprint density at radius 3 is 2.63 bits per heavy atom. The van der Waals surface area contributed by atoms with Crippen molar-refractivity contribution in [2.45, 2.75) is 6.04 Å². The van der Waals surface area contributed by atoms with Crippen LogP contribution < -0.4 is 10.6 Å². The zero-order valence-electron chi connectivity index (χ0n) is 18.6. The fraction of sp³-hybridized carbons (Fsp3) is 0.120. The molecule has 10 heteroatoms. The second kappa shape index (κ2) is 7.67. The van der Waals surface area contributed by atoms with Gasteiger partial charge in [0.1, 0.15) is 11.5 Å². The molecule has 0 bridgehead atoms. The number of aromatic nitrogens is 8. The molecule has 1 saturated heterocycles. The third kappa shape index (κ3) is 3.30. The molecule has 4 N–H and O–H groups in total. The molecular formula is C25H20N10. The van der Waals surface area contributed by atoms with Gasteiger partial charge >= 0.3 is 0 Å². The van der Waals surface area contributed by atoms with Crippen molar-refractivity contribution in [3.05, 3.63) is 67.5 Å². The van der Waals surface area contributed by atoms with Gasteiger partial charge in [-0.2, -0.15) is 5.10 Å². The Kier molecular flexibility index (Phi) is 4.33. The minimum Gasteiger partial charge on any atom is -0.352 e. The summed E-state index contributed by atoms with van der Waals surface area (Å²) in [5.74, 6) is 0.821. The number of rotatable bonds is 4. The molecule has 0 unspecified atom stereocenters. The summed E-state index contributed by atoms with van der Waals surface area (Å²) in [5, 5.41) is 9.46. The molecule has 1 fully saturated rings. The fourth-order valence-electron chi connectivity index (χ4n) is 4.54. The second-order valence-corrected chi connectivity index (χ2v) is 8.66. The highest BCUT2D eigenvalue weighted by Gasteiger charge is 2.24. The number of anilines is 1. The van der Waals surface area contributed by atoms with Gasteiger partial charge in [-0.1, -0.05) is 0 Å². The van der Waals surface area contributed by atoms with Gasteiger partial charge in [-0.15, -0.1) is 0 Å². The van der Waals surface area contributed by atoms with E-state index in [4.69, 9.17) is 10.7 Å². The van der Waals surface area contributed by atoms with Crippen LogP contribution in [-0.2, 0) is 0 Å². The van der Waals surface area contributed by atoms with Crippen LogP contribution in [0.3, 0.4) is 0 Å². The van der Waals surface area contributed by atoms with Gasteiger partial charge in [0, 0.05) is 60.3 Å². The first-order valence-electron chi connectivity index (χ1n) is 11.3. The molecule has 0 aromatic carbocycles. The highest BCUT2D eigenvalue weighted by Crippen LogP contribution is 2.33. The molecule has 6 aromatic heterocycles. The van der Waals surface area contributed by atoms with E-state index in [1.807, 2.05) is 24.3 Å². The number of nitrogens with zero attached hydrogens (tertiary/aromatic N) is 7. The topological polar surface area (TPSA) is 138 Å². The Balaban J connectivity index is 1.31. The van der Waals surface area contributed by atoms with E-state index in [2.05, 4.69) is 46.1 Å². The van der Waals surface area contributed by atoms with Crippen molar-refractivity contribution in [1.82, 2.24) is 40.1 Å². The van der Waals surface area contributed by atoms with Gasteiger partial charge in [-0.25, -0.2) is 15.0 Å². The maximum atomic E-state index is 5.93. The predicted octanol–water partition coefficient (Wildman–Crippen LogP) is 3.17. The molecule has 0 spiro atoms. The third-order valence-corrected chi connectivity index (χ3v) is 6.35. The van der Waals surface area contributed by atoms with Crippen LogP contribution in [-0.4, -0.2) is 59.2 Å². The Labute approximate surface area is 199 Å². The number of hydrogen-bond acceptors (Lipinski definition) is 8. The summed E-state index contributed by atoms with van der Waals surface area (Å²) in [4.78, 5) is 28.0. The van der Waals surface area contributed by atoms with Gasteiger partial charge in [-0.05, 0) is 41.5 Å². The highest BCUT2D eigenvalue weighted by molar-refractivity contribution is 5.99. The first kappa shape index (κ1) is 19.7. The molecule has 0 aliphatic carbocycles. The summed E-state index contributed by atoms with van der Waals surface area (Å²) in [6, 6.07) is 10.3. The zero-order chi connectivity index (χ0) is 23.4. The van der Waals surface area contributed by atoms with Crippen molar-refractivity contribution in [3.63, 3.8) is 0 Å². The van der Waals surface area contributed by atoms with Gasteiger partial charge in [0.25, 0.3) is 0 Å². The van der Waals surface area contributed by atoms with Crippen LogP contribution in [0.25, 0.3) is 55.8 Å². The van der Waals surface area contributed by atoms with E-state index in [0.29, 0.717) is 5.65 Å². The van der Waals surface area contributed by atoms with Gasteiger partial charge in [-0.3, -0.25) is 15.1 Å². The van der Waals surface area contributed by atoms with E-state index < -0.39 is 0 Å². The number of H-pyrrole nitrogens is 2. The smallest absolute Gasteiger partial charge is 0.181 e. The fourth-order valence-corrected chi connectivity index (χ4v) is 4.54. The molecular weight excluding hydrogens is 440 g/mol. The molecule has 0 saturated carbocycles. The standard InChI is InChI=1S/C25H20N10/c26-16-12-35(13-16)22-11-28-10-21(31-22)15-7-19-23(33-34-25(19)30-9-15)20-8-18-17(3-6-29-24(18)32-20)14-1-4-27-5-2-14/h1-11,16H,12-13,26H2,(H,29,32)(H,30,33,34). The summed E-state index contributed by atoms with van der Waals surface area (Å²) in [5.41, 5.74) is 12.9. The normalized spacial score (nSPS) is 14.0. The van der Waals surface area contributed by atoms with E-state index in [0.717, 1.165) is 69.1 Å². The summed E-state index contributed by atoms with van der Waals surface area (Å²) < 4.78 is 0. The molecule has 35 heavy (non-hydrogen) atoms.